The van der Waals surface area contributed by atoms with E-state index in [1.54, 1.807) is 12.1 Å². The van der Waals surface area contributed by atoms with Crippen LogP contribution >= 0.6 is 0 Å². The molecule has 2 aliphatic rings. The van der Waals surface area contributed by atoms with Crippen LogP contribution in [0.2, 0.25) is 0 Å². The van der Waals surface area contributed by atoms with E-state index in [1.165, 1.54) is 57.6 Å². The summed E-state index contributed by atoms with van der Waals surface area (Å²) in [7, 11) is -3.68. The molecule has 0 spiro atoms. The fourth-order valence-corrected chi connectivity index (χ4v) is 7.22. The minimum atomic E-state index is -3.68. The first-order valence-corrected chi connectivity index (χ1v) is 17.6. The lowest BCUT2D eigenvalue weighted by atomic mass is 9.97. The van der Waals surface area contributed by atoms with Crippen molar-refractivity contribution in [3.05, 3.63) is 107 Å². The summed E-state index contributed by atoms with van der Waals surface area (Å²) in [6.45, 7) is 1.40. The van der Waals surface area contributed by atoms with Crippen LogP contribution in [-0.4, -0.2) is 74.9 Å². The van der Waals surface area contributed by atoms with E-state index in [1.807, 2.05) is 30.3 Å². The lowest BCUT2D eigenvalue weighted by Crippen LogP contribution is -2.51. The van der Waals surface area contributed by atoms with Crippen LogP contribution in [0.1, 0.15) is 43.2 Å². The first-order valence-electron chi connectivity index (χ1n) is 16.1. The SMILES string of the molecule is O=C(NCCC1=CCCCC1)[C@H](Cc1ccccc1)N(Cc1ccc(F)cc1)C(=O)COc1ccc(S(=O)(=O)N2CCOCC2)cc1. The molecule has 0 aromatic heterocycles. The highest BCUT2D eigenvalue weighted by molar-refractivity contribution is 7.89. The number of amides is 2. The van der Waals surface area contributed by atoms with Crippen molar-refractivity contribution < 1.29 is 31.9 Å². The Morgan fingerprint density at radius 2 is 1.66 bits per heavy atom. The second-order valence-corrected chi connectivity index (χ2v) is 13.7. The van der Waals surface area contributed by atoms with Gasteiger partial charge in [-0.25, -0.2) is 12.8 Å². The van der Waals surface area contributed by atoms with Crippen molar-refractivity contribution in [3.8, 4) is 5.75 Å². The first kappa shape index (κ1) is 34.3. The van der Waals surface area contributed by atoms with Gasteiger partial charge in [-0.3, -0.25) is 9.59 Å². The van der Waals surface area contributed by atoms with Crippen molar-refractivity contribution in [2.24, 2.45) is 0 Å². The molecule has 1 N–H and O–H groups in total. The molecule has 11 heteroatoms. The van der Waals surface area contributed by atoms with Crippen molar-refractivity contribution >= 4 is 21.8 Å². The molecule has 1 fully saturated rings. The summed E-state index contributed by atoms with van der Waals surface area (Å²) in [5.41, 5.74) is 2.89. The molecule has 2 amide bonds. The fraction of sp³-hybridized carbons (Fsp3) is 0.389. The molecule has 250 valence electrons. The molecule has 1 aliphatic heterocycles. The minimum Gasteiger partial charge on any atom is -0.484 e. The number of rotatable bonds is 14. The average Bonchev–Trinajstić information content (AvgIpc) is 3.11. The van der Waals surface area contributed by atoms with Crippen LogP contribution in [0.3, 0.4) is 0 Å². The van der Waals surface area contributed by atoms with Gasteiger partial charge in [-0.1, -0.05) is 54.1 Å². The summed E-state index contributed by atoms with van der Waals surface area (Å²) < 4.78 is 52.3. The van der Waals surface area contributed by atoms with Gasteiger partial charge in [0, 0.05) is 32.6 Å². The predicted molar refractivity (Wildman–Crippen MR) is 177 cm³/mol. The molecule has 3 aromatic carbocycles. The normalized spacial score (nSPS) is 16.1. The van der Waals surface area contributed by atoms with Crippen molar-refractivity contribution in [2.45, 2.75) is 56.0 Å². The van der Waals surface area contributed by atoms with Gasteiger partial charge in [0.05, 0.1) is 18.1 Å². The molecule has 1 atom stereocenters. The van der Waals surface area contributed by atoms with E-state index in [4.69, 9.17) is 9.47 Å². The predicted octanol–water partition coefficient (Wildman–Crippen LogP) is 4.87. The second kappa shape index (κ2) is 16.7. The lowest BCUT2D eigenvalue weighted by molar-refractivity contribution is -0.142. The largest absolute Gasteiger partial charge is 0.484 e. The van der Waals surface area contributed by atoms with Crippen LogP contribution < -0.4 is 10.1 Å². The number of hydrogen-bond acceptors (Lipinski definition) is 6. The van der Waals surface area contributed by atoms with E-state index < -0.39 is 27.8 Å². The van der Waals surface area contributed by atoms with Gasteiger partial charge >= 0.3 is 0 Å². The van der Waals surface area contributed by atoms with Gasteiger partial charge in [0.25, 0.3) is 5.91 Å². The van der Waals surface area contributed by atoms with Crippen molar-refractivity contribution in [3.63, 3.8) is 0 Å². The molecule has 3 aromatic rings. The summed E-state index contributed by atoms with van der Waals surface area (Å²) in [6.07, 6.45) is 7.73. The number of carbonyl (C=O) groups is 2. The Morgan fingerprint density at radius 1 is 0.936 bits per heavy atom. The van der Waals surface area contributed by atoms with E-state index >= 15 is 0 Å². The Balaban J connectivity index is 1.32. The Hall–Kier alpha value is -4.06. The molecule has 0 bridgehead atoms. The number of hydrogen-bond donors (Lipinski definition) is 1. The van der Waals surface area contributed by atoms with Crippen LogP contribution in [-0.2, 0) is 37.3 Å². The Kier molecular flexibility index (Phi) is 12.2. The molecule has 0 radical (unpaired) electrons. The van der Waals surface area contributed by atoms with Crippen LogP contribution in [0.5, 0.6) is 5.75 Å². The van der Waals surface area contributed by atoms with E-state index in [9.17, 15) is 22.4 Å². The van der Waals surface area contributed by atoms with Crippen molar-refractivity contribution in [1.29, 1.82) is 0 Å². The smallest absolute Gasteiger partial charge is 0.261 e. The summed E-state index contributed by atoms with van der Waals surface area (Å²) in [5.74, 6) is -0.806. The maximum absolute atomic E-state index is 13.9. The van der Waals surface area contributed by atoms with Crippen LogP contribution in [0.25, 0.3) is 0 Å². The summed E-state index contributed by atoms with van der Waals surface area (Å²) in [5, 5.41) is 3.06. The Labute approximate surface area is 276 Å². The number of allylic oxidation sites excluding steroid dienone is 1. The maximum atomic E-state index is 13.9. The topological polar surface area (TPSA) is 105 Å². The number of sulfonamides is 1. The van der Waals surface area contributed by atoms with Crippen molar-refractivity contribution in [2.75, 3.05) is 39.5 Å². The Morgan fingerprint density at radius 3 is 2.34 bits per heavy atom. The summed E-state index contributed by atoms with van der Waals surface area (Å²) in [4.78, 5) is 29.3. The van der Waals surface area contributed by atoms with Crippen LogP contribution in [0, 0.1) is 5.82 Å². The summed E-state index contributed by atoms with van der Waals surface area (Å²) in [6, 6.07) is 20.4. The second-order valence-electron chi connectivity index (χ2n) is 11.8. The molecule has 0 saturated carbocycles. The van der Waals surface area contributed by atoms with Gasteiger partial charge in [-0.05, 0) is 79.6 Å². The van der Waals surface area contributed by atoms with Gasteiger partial charge in [-0.15, -0.1) is 0 Å². The van der Waals surface area contributed by atoms with Crippen LogP contribution in [0.15, 0.2) is 95.4 Å². The molecule has 1 saturated heterocycles. The van der Waals surface area contributed by atoms with Gasteiger partial charge < -0.3 is 19.7 Å². The lowest BCUT2D eigenvalue weighted by Gasteiger charge is -2.31. The maximum Gasteiger partial charge on any atom is 0.261 e. The molecule has 9 nitrogen and oxygen atoms in total. The zero-order valence-corrected chi connectivity index (χ0v) is 27.3. The number of carbonyl (C=O) groups excluding carboxylic acids is 2. The number of benzene rings is 3. The Bertz CT molecular complexity index is 1610. The minimum absolute atomic E-state index is 0.0648. The standard InChI is InChI=1S/C36H42FN3O6S/c37-31-13-11-30(12-14-31)26-40(34(25-29-9-5-2-6-10-29)36(42)38-20-19-28-7-3-1-4-8-28)35(41)27-46-32-15-17-33(18-16-32)47(43,44)39-21-23-45-24-22-39/h2,5-7,9-18,34H,1,3-4,8,19-27H2,(H,38,42)/t34-/m0/s1. The highest BCUT2D eigenvalue weighted by Gasteiger charge is 2.31. The highest BCUT2D eigenvalue weighted by Crippen LogP contribution is 2.22. The third-order valence-corrected chi connectivity index (χ3v) is 10.4. The average molecular weight is 664 g/mol. The van der Waals surface area contributed by atoms with Crippen LogP contribution in [0.4, 0.5) is 4.39 Å². The number of morpholine rings is 1. The quantitative estimate of drug-likeness (QED) is 0.247. The molecule has 1 aliphatic carbocycles. The van der Waals surface area contributed by atoms with E-state index in [0.29, 0.717) is 31.1 Å². The van der Waals surface area contributed by atoms with Gasteiger partial charge in [0.2, 0.25) is 15.9 Å². The zero-order valence-electron chi connectivity index (χ0n) is 26.5. The fourth-order valence-electron chi connectivity index (χ4n) is 5.81. The highest BCUT2D eigenvalue weighted by atomic mass is 32.2. The molecule has 0 unspecified atom stereocenters. The number of nitrogens with zero attached hydrogens (tertiary/aromatic N) is 2. The molecule has 5 rings (SSSR count). The van der Waals surface area contributed by atoms with Crippen molar-refractivity contribution in [1.82, 2.24) is 14.5 Å². The monoisotopic (exact) mass is 663 g/mol. The number of nitrogens with one attached hydrogen (secondary N) is 1. The number of halogens is 1. The van der Waals surface area contributed by atoms with E-state index in [2.05, 4.69) is 11.4 Å². The molecular formula is C36H42FN3O6S. The molecule has 47 heavy (non-hydrogen) atoms. The van der Waals surface area contributed by atoms with Gasteiger partial charge in [0.15, 0.2) is 6.61 Å². The molecule has 1 heterocycles. The zero-order chi connectivity index (χ0) is 33.1. The number of ether oxygens (including phenoxy) is 2. The first-order chi connectivity index (χ1) is 22.8. The van der Waals surface area contributed by atoms with Gasteiger partial charge in [0.1, 0.15) is 17.6 Å². The van der Waals surface area contributed by atoms with E-state index in [0.717, 1.165) is 31.2 Å². The third-order valence-electron chi connectivity index (χ3n) is 8.46. The third kappa shape index (κ3) is 9.73. The summed E-state index contributed by atoms with van der Waals surface area (Å²) >= 11 is 0. The molecular weight excluding hydrogens is 621 g/mol. The van der Waals surface area contributed by atoms with E-state index in [-0.39, 0.29) is 43.5 Å². The van der Waals surface area contributed by atoms with Gasteiger partial charge in [-0.2, -0.15) is 4.31 Å².